The van der Waals surface area contributed by atoms with Gasteiger partial charge in [-0.25, -0.2) is 14.4 Å². The number of halogens is 4. The lowest BCUT2D eigenvalue weighted by Crippen LogP contribution is -2.37. The first kappa shape index (κ1) is 21.9. The van der Waals surface area contributed by atoms with Crippen LogP contribution in [-0.4, -0.2) is 33.5 Å². The normalized spacial score (nSPS) is 13.7. The highest BCUT2D eigenvalue weighted by Gasteiger charge is 2.30. The van der Waals surface area contributed by atoms with Gasteiger partial charge in [-0.1, -0.05) is 12.1 Å². The van der Waals surface area contributed by atoms with E-state index in [4.69, 9.17) is 0 Å². The lowest BCUT2D eigenvalue weighted by atomic mass is 10.1. The highest BCUT2D eigenvalue weighted by atomic mass is 19.4. The van der Waals surface area contributed by atoms with E-state index in [-0.39, 0.29) is 17.9 Å². The largest absolute Gasteiger partial charge is 0.416 e. The standard InChI is InChI=1S/C24H19F4N5O/c25-18-10-16-11-20(23(34)31-19-5-6-21(29-13-19)32-7-2-8-32)33(22(16)30-12-18)14-15-3-1-4-17(9-15)24(26,27)28/h1,3-6,9-13H,2,7-8,14H2,(H,31,34). The van der Waals surface area contributed by atoms with Crippen LogP contribution in [0.5, 0.6) is 0 Å². The maximum absolute atomic E-state index is 13.8. The second kappa shape index (κ2) is 8.44. The Bertz CT molecular complexity index is 1360. The number of anilines is 2. The minimum Gasteiger partial charge on any atom is -0.356 e. The number of nitrogens with zero attached hydrogens (tertiary/aromatic N) is 4. The van der Waals surface area contributed by atoms with Crippen molar-refractivity contribution < 1.29 is 22.4 Å². The molecule has 1 fully saturated rings. The Hall–Kier alpha value is -3.95. The van der Waals surface area contributed by atoms with Gasteiger partial charge in [0.05, 0.1) is 23.6 Å². The Labute approximate surface area is 191 Å². The van der Waals surface area contributed by atoms with Crippen molar-refractivity contribution in [2.45, 2.75) is 19.1 Å². The molecule has 0 bridgehead atoms. The molecule has 4 heterocycles. The van der Waals surface area contributed by atoms with Crippen molar-refractivity contribution in [2.75, 3.05) is 23.3 Å². The molecule has 0 unspecified atom stereocenters. The van der Waals surface area contributed by atoms with Gasteiger partial charge in [-0.2, -0.15) is 13.2 Å². The Balaban J connectivity index is 1.47. The van der Waals surface area contributed by atoms with E-state index < -0.39 is 23.5 Å². The predicted molar refractivity (Wildman–Crippen MR) is 119 cm³/mol. The number of hydrogen-bond acceptors (Lipinski definition) is 4. The van der Waals surface area contributed by atoms with Crippen molar-refractivity contribution in [2.24, 2.45) is 0 Å². The molecule has 1 N–H and O–H groups in total. The number of nitrogens with one attached hydrogen (secondary N) is 1. The summed E-state index contributed by atoms with van der Waals surface area (Å²) in [4.78, 5) is 23.7. The highest BCUT2D eigenvalue weighted by Crippen LogP contribution is 2.30. The van der Waals surface area contributed by atoms with Crippen LogP contribution in [0.15, 0.2) is 60.9 Å². The first-order chi connectivity index (χ1) is 16.3. The summed E-state index contributed by atoms with van der Waals surface area (Å²) >= 11 is 0. The Morgan fingerprint density at radius 1 is 1.03 bits per heavy atom. The average molecular weight is 469 g/mol. The summed E-state index contributed by atoms with van der Waals surface area (Å²) < 4.78 is 54.7. The predicted octanol–water partition coefficient (Wildman–Crippen LogP) is 5.10. The fourth-order valence-corrected chi connectivity index (χ4v) is 3.88. The lowest BCUT2D eigenvalue weighted by molar-refractivity contribution is -0.137. The van der Waals surface area contributed by atoms with Crippen molar-refractivity contribution >= 4 is 28.4 Å². The number of pyridine rings is 2. The van der Waals surface area contributed by atoms with Crippen molar-refractivity contribution in [3.63, 3.8) is 0 Å². The van der Waals surface area contributed by atoms with E-state index in [0.717, 1.165) is 43.7 Å². The van der Waals surface area contributed by atoms with Gasteiger partial charge in [0.25, 0.3) is 5.91 Å². The molecule has 0 atom stereocenters. The van der Waals surface area contributed by atoms with Gasteiger partial charge in [0.15, 0.2) is 0 Å². The fourth-order valence-electron chi connectivity index (χ4n) is 3.88. The third-order valence-corrected chi connectivity index (χ3v) is 5.71. The number of hydrogen-bond donors (Lipinski definition) is 1. The summed E-state index contributed by atoms with van der Waals surface area (Å²) in [6, 6.07) is 11.1. The summed E-state index contributed by atoms with van der Waals surface area (Å²) in [5.41, 5.74) is 0.421. The van der Waals surface area contributed by atoms with E-state index in [2.05, 4.69) is 20.2 Å². The van der Waals surface area contributed by atoms with E-state index in [1.807, 2.05) is 6.07 Å². The second-order valence-corrected chi connectivity index (χ2v) is 8.08. The molecule has 4 aromatic rings. The minimum absolute atomic E-state index is 0.0546. The molecule has 1 saturated heterocycles. The molecule has 1 aliphatic heterocycles. The van der Waals surface area contributed by atoms with Gasteiger partial charge in [0.2, 0.25) is 0 Å². The van der Waals surface area contributed by atoms with E-state index in [0.29, 0.717) is 16.6 Å². The number of benzene rings is 1. The van der Waals surface area contributed by atoms with Crippen molar-refractivity contribution in [3.8, 4) is 0 Å². The molecule has 10 heteroatoms. The van der Waals surface area contributed by atoms with Crippen LogP contribution in [0.4, 0.5) is 29.1 Å². The summed E-state index contributed by atoms with van der Waals surface area (Å²) in [5.74, 6) is -0.270. The molecule has 3 aromatic heterocycles. The van der Waals surface area contributed by atoms with Gasteiger partial charge in [-0.15, -0.1) is 0 Å². The molecule has 0 saturated carbocycles. The number of alkyl halides is 3. The van der Waals surface area contributed by atoms with Gasteiger partial charge in [0, 0.05) is 25.0 Å². The Kier molecular flexibility index (Phi) is 5.43. The molecule has 174 valence electrons. The zero-order valence-corrected chi connectivity index (χ0v) is 17.8. The number of carbonyl (C=O) groups is 1. The van der Waals surface area contributed by atoms with Crippen LogP contribution in [0.3, 0.4) is 0 Å². The Morgan fingerprint density at radius 3 is 2.53 bits per heavy atom. The summed E-state index contributed by atoms with van der Waals surface area (Å²) in [6.07, 6.45) is -0.828. The monoisotopic (exact) mass is 469 g/mol. The summed E-state index contributed by atoms with van der Waals surface area (Å²) in [5, 5.41) is 3.12. The van der Waals surface area contributed by atoms with Crippen LogP contribution in [0.1, 0.15) is 28.0 Å². The van der Waals surface area contributed by atoms with Gasteiger partial charge >= 0.3 is 6.18 Å². The number of amides is 1. The number of fused-ring (bicyclic) bond motifs is 1. The molecule has 5 rings (SSSR count). The first-order valence-electron chi connectivity index (χ1n) is 10.6. The van der Waals surface area contributed by atoms with E-state index in [1.54, 1.807) is 12.3 Å². The molecule has 1 amide bonds. The lowest BCUT2D eigenvalue weighted by Gasteiger charge is -2.31. The zero-order chi connectivity index (χ0) is 23.9. The Morgan fingerprint density at radius 2 is 1.85 bits per heavy atom. The van der Waals surface area contributed by atoms with Crippen molar-refractivity contribution in [3.05, 3.63) is 83.6 Å². The molecule has 0 radical (unpaired) electrons. The minimum atomic E-state index is -4.49. The smallest absolute Gasteiger partial charge is 0.356 e. The van der Waals surface area contributed by atoms with Crippen LogP contribution in [0.2, 0.25) is 0 Å². The van der Waals surface area contributed by atoms with E-state index in [1.165, 1.54) is 28.8 Å². The first-order valence-corrected chi connectivity index (χ1v) is 10.6. The molecule has 34 heavy (non-hydrogen) atoms. The van der Waals surface area contributed by atoms with Crippen LogP contribution in [0, 0.1) is 5.82 Å². The van der Waals surface area contributed by atoms with Gasteiger partial charge in [0.1, 0.15) is 23.0 Å². The van der Waals surface area contributed by atoms with Crippen LogP contribution < -0.4 is 10.2 Å². The number of rotatable bonds is 5. The molecular weight excluding hydrogens is 450 g/mol. The molecule has 1 aromatic carbocycles. The molecule has 1 aliphatic rings. The molecule has 0 spiro atoms. The third kappa shape index (κ3) is 4.30. The van der Waals surface area contributed by atoms with E-state index in [9.17, 15) is 22.4 Å². The van der Waals surface area contributed by atoms with Crippen molar-refractivity contribution in [1.82, 2.24) is 14.5 Å². The molecular formula is C24H19F4N5O. The van der Waals surface area contributed by atoms with Gasteiger partial charge in [-0.3, -0.25) is 4.79 Å². The maximum atomic E-state index is 13.8. The van der Waals surface area contributed by atoms with Crippen LogP contribution >= 0.6 is 0 Å². The maximum Gasteiger partial charge on any atom is 0.416 e. The number of aromatic nitrogens is 3. The summed E-state index contributed by atoms with van der Waals surface area (Å²) in [6.45, 7) is 1.83. The van der Waals surface area contributed by atoms with E-state index >= 15 is 0 Å². The van der Waals surface area contributed by atoms with Crippen molar-refractivity contribution in [1.29, 1.82) is 0 Å². The topological polar surface area (TPSA) is 63.1 Å². The SMILES string of the molecule is O=C(Nc1ccc(N2CCC2)nc1)c1cc2cc(F)cnc2n1Cc1cccc(C(F)(F)F)c1. The van der Waals surface area contributed by atoms with Gasteiger partial charge < -0.3 is 14.8 Å². The second-order valence-electron chi connectivity index (χ2n) is 8.08. The molecule has 6 nitrogen and oxygen atoms in total. The quantitative estimate of drug-likeness (QED) is 0.413. The average Bonchev–Trinajstić information content (AvgIpc) is 3.11. The molecule has 0 aliphatic carbocycles. The summed E-state index contributed by atoms with van der Waals surface area (Å²) in [7, 11) is 0. The number of carbonyl (C=O) groups excluding carboxylic acids is 1. The van der Waals surface area contributed by atoms with Crippen LogP contribution in [-0.2, 0) is 12.7 Å². The van der Waals surface area contributed by atoms with Crippen LogP contribution in [0.25, 0.3) is 11.0 Å². The third-order valence-electron chi connectivity index (χ3n) is 5.71. The van der Waals surface area contributed by atoms with Gasteiger partial charge in [-0.05, 0) is 48.4 Å². The zero-order valence-electron chi connectivity index (χ0n) is 17.8. The fraction of sp³-hybridized carbons (Fsp3) is 0.208. The highest BCUT2D eigenvalue weighted by molar-refractivity contribution is 6.06.